The first-order valence-corrected chi connectivity index (χ1v) is 3.09. The van der Waals surface area contributed by atoms with Crippen LogP contribution in [-0.4, -0.2) is 6.18 Å². The molecular weight excluding hydrogens is 153 g/mol. The van der Waals surface area contributed by atoms with E-state index in [1.54, 1.807) is 26.0 Å². The monoisotopic (exact) mass is 162 g/mol. The number of allylic oxidation sites excluding steroid dienone is 3. The van der Waals surface area contributed by atoms with E-state index in [0.29, 0.717) is 5.57 Å². The van der Waals surface area contributed by atoms with Gasteiger partial charge in [-0.2, -0.15) is 13.2 Å². The molecule has 0 heterocycles. The zero-order chi connectivity index (χ0) is 8.91. The molecule has 0 aliphatic rings. The van der Waals surface area contributed by atoms with Crippen molar-refractivity contribution in [3.63, 3.8) is 0 Å². The fraction of sp³-hybridized carbons (Fsp3) is 0.375. The Hall–Kier alpha value is -0.950. The summed E-state index contributed by atoms with van der Waals surface area (Å²) in [5, 5.41) is 0. The van der Waals surface area contributed by atoms with Crippen LogP contribution in [0.15, 0.2) is 29.5 Å². The fourth-order valence-corrected chi connectivity index (χ4v) is 0.494. The lowest BCUT2D eigenvalue weighted by molar-refractivity contribution is -0.0796. The third kappa shape index (κ3) is 6.94. The predicted molar refractivity (Wildman–Crippen MR) is 38.1 cm³/mol. The first kappa shape index (κ1) is 10.0. The van der Waals surface area contributed by atoms with Crippen molar-refractivity contribution in [3.05, 3.63) is 29.5 Å². The zero-order valence-corrected chi connectivity index (χ0v) is 6.37. The third-order valence-corrected chi connectivity index (χ3v) is 0.880. The average molecular weight is 162 g/mol. The molecule has 11 heavy (non-hydrogen) atoms. The van der Waals surface area contributed by atoms with Crippen molar-refractivity contribution in [3.8, 4) is 0 Å². The minimum Gasteiger partial charge on any atom is -0.166 e. The van der Waals surface area contributed by atoms with Crippen LogP contribution < -0.4 is 0 Å². The van der Waals surface area contributed by atoms with Crippen molar-refractivity contribution in [2.24, 2.45) is 0 Å². The molecule has 0 unspecified atom stereocenters. The molecule has 0 N–H and O–H groups in total. The molecule has 0 aliphatic carbocycles. The second-order valence-corrected chi connectivity index (χ2v) is 2.01. The van der Waals surface area contributed by atoms with Gasteiger partial charge in [0.15, 0.2) is 0 Å². The van der Waals surface area contributed by atoms with E-state index in [2.05, 4.69) is 5.73 Å². The van der Waals surface area contributed by atoms with E-state index in [0.717, 1.165) is 0 Å². The number of rotatable bonds is 1. The van der Waals surface area contributed by atoms with Gasteiger partial charge in [-0.1, -0.05) is 12.2 Å². The van der Waals surface area contributed by atoms with Crippen LogP contribution in [0.25, 0.3) is 0 Å². The summed E-state index contributed by atoms with van der Waals surface area (Å²) in [6.07, 6.45) is -0.944. The molecule has 0 amide bonds. The van der Waals surface area contributed by atoms with Gasteiger partial charge in [0, 0.05) is 0 Å². The second-order valence-electron chi connectivity index (χ2n) is 2.01. The van der Waals surface area contributed by atoms with Crippen LogP contribution in [0.5, 0.6) is 0 Å². The molecule has 0 aliphatic heterocycles. The van der Waals surface area contributed by atoms with Gasteiger partial charge in [0.05, 0.1) is 6.08 Å². The minimum atomic E-state index is -4.26. The molecule has 0 nitrogen and oxygen atoms in total. The minimum absolute atomic E-state index is 0.0995. The molecule has 0 atom stereocenters. The molecule has 3 heteroatoms. The molecule has 0 spiro atoms. The highest BCUT2D eigenvalue weighted by Crippen LogP contribution is 2.15. The van der Waals surface area contributed by atoms with Crippen LogP contribution >= 0.6 is 0 Å². The van der Waals surface area contributed by atoms with E-state index in [9.17, 15) is 13.2 Å². The standard InChI is InChI=1S/C8H9F3/c1-3-4-7(2)5-6-8(9,10)11/h3-4,6H,1-2H3. The summed E-state index contributed by atoms with van der Waals surface area (Å²) in [5.41, 5.74) is 2.57. The van der Waals surface area contributed by atoms with Crippen LogP contribution in [-0.2, 0) is 0 Å². The van der Waals surface area contributed by atoms with Crippen molar-refractivity contribution in [2.75, 3.05) is 0 Å². The lowest BCUT2D eigenvalue weighted by Crippen LogP contribution is -1.99. The molecule has 0 radical (unpaired) electrons. The van der Waals surface area contributed by atoms with E-state index in [1.807, 2.05) is 0 Å². The summed E-state index contributed by atoms with van der Waals surface area (Å²) >= 11 is 0. The van der Waals surface area contributed by atoms with Crippen LogP contribution in [0.2, 0.25) is 0 Å². The molecule has 0 aromatic rings. The highest BCUT2D eigenvalue weighted by Gasteiger charge is 2.21. The molecule has 0 saturated carbocycles. The Morgan fingerprint density at radius 1 is 1.36 bits per heavy atom. The van der Waals surface area contributed by atoms with Gasteiger partial charge < -0.3 is 0 Å². The SMILES string of the molecule is CC=CC(C)=C=CC(F)(F)F. The Morgan fingerprint density at radius 3 is 2.27 bits per heavy atom. The van der Waals surface area contributed by atoms with Crippen molar-refractivity contribution in [2.45, 2.75) is 20.0 Å². The van der Waals surface area contributed by atoms with Crippen LogP contribution in [0, 0.1) is 0 Å². The van der Waals surface area contributed by atoms with Crippen LogP contribution in [0.1, 0.15) is 13.8 Å². The number of halogens is 3. The number of hydrogen-bond acceptors (Lipinski definition) is 0. The molecule has 0 aromatic carbocycles. The van der Waals surface area contributed by atoms with Gasteiger partial charge in [-0.15, -0.1) is 5.73 Å². The smallest absolute Gasteiger partial charge is 0.166 e. The van der Waals surface area contributed by atoms with Gasteiger partial charge >= 0.3 is 6.18 Å². The number of alkyl halides is 3. The number of hydrogen-bond donors (Lipinski definition) is 0. The summed E-state index contributed by atoms with van der Waals surface area (Å²) in [5.74, 6) is 0. The molecule has 62 valence electrons. The van der Waals surface area contributed by atoms with Crippen molar-refractivity contribution >= 4 is 0 Å². The van der Waals surface area contributed by atoms with E-state index in [-0.39, 0.29) is 6.08 Å². The predicted octanol–water partition coefficient (Wildman–Crippen LogP) is 3.23. The maximum Gasteiger partial charge on any atom is 0.416 e. The fourth-order valence-electron chi connectivity index (χ4n) is 0.494. The maximum absolute atomic E-state index is 11.5. The van der Waals surface area contributed by atoms with E-state index in [4.69, 9.17) is 0 Å². The first-order valence-electron chi connectivity index (χ1n) is 3.09. The van der Waals surface area contributed by atoms with Gasteiger partial charge in [0.25, 0.3) is 0 Å². The zero-order valence-electron chi connectivity index (χ0n) is 6.37. The molecule has 0 saturated heterocycles. The van der Waals surface area contributed by atoms with Gasteiger partial charge in [-0.05, 0) is 19.4 Å². The summed E-state index contributed by atoms with van der Waals surface area (Å²) in [6.45, 7) is 3.29. The topological polar surface area (TPSA) is 0 Å². The molecular formula is C8H9F3. The highest BCUT2D eigenvalue weighted by atomic mass is 19.4. The Morgan fingerprint density at radius 2 is 1.91 bits per heavy atom. The van der Waals surface area contributed by atoms with E-state index < -0.39 is 6.18 Å². The second kappa shape index (κ2) is 4.04. The quantitative estimate of drug-likeness (QED) is 0.410. The Balaban J connectivity index is 4.41. The first-order chi connectivity index (χ1) is 4.95. The normalized spacial score (nSPS) is 11.4. The van der Waals surface area contributed by atoms with Gasteiger partial charge in [-0.25, -0.2) is 0 Å². The largest absolute Gasteiger partial charge is 0.416 e. The molecule has 0 rings (SSSR count). The summed E-state index contributed by atoms with van der Waals surface area (Å²) < 4.78 is 34.5. The van der Waals surface area contributed by atoms with Crippen molar-refractivity contribution in [1.29, 1.82) is 0 Å². The van der Waals surface area contributed by atoms with Gasteiger partial charge in [0.1, 0.15) is 0 Å². The van der Waals surface area contributed by atoms with Crippen LogP contribution in [0.4, 0.5) is 13.2 Å². The molecule has 0 aromatic heterocycles. The maximum atomic E-state index is 11.5. The Kier molecular flexibility index (Phi) is 3.69. The Bertz CT molecular complexity index is 202. The molecule has 0 bridgehead atoms. The Labute approximate surface area is 63.7 Å². The van der Waals surface area contributed by atoms with E-state index in [1.165, 1.54) is 0 Å². The van der Waals surface area contributed by atoms with Crippen LogP contribution in [0.3, 0.4) is 0 Å². The lowest BCUT2D eigenvalue weighted by Gasteiger charge is -1.93. The van der Waals surface area contributed by atoms with Gasteiger partial charge in [0.2, 0.25) is 0 Å². The van der Waals surface area contributed by atoms with E-state index >= 15 is 0 Å². The van der Waals surface area contributed by atoms with Gasteiger partial charge in [-0.3, -0.25) is 0 Å². The molecule has 0 fully saturated rings. The lowest BCUT2D eigenvalue weighted by atomic mass is 10.3. The third-order valence-electron chi connectivity index (χ3n) is 0.880. The summed E-state index contributed by atoms with van der Waals surface area (Å²) in [7, 11) is 0. The average Bonchev–Trinajstić information content (AvgIpc) is 1.83. The highest BCUT2D eigenvalue weighted by molar-refractivity contribution is 5.15. The van der Waals surface area contributed by atoms with Crippen molar-refractivity contribution in [1.82, 2.24) is 0 Å². The summed E-state index contributed by atoms with van der Waals surface area (Å²) in [4.78, 5) is 0. The summed E-state index contributed by atoms with van der Waals surface area (Å²) in [6, 6.07) is 0. The van der Waals surface area contributed by atoms with Crippen molar-refractivity contribution < 1.29 is 13.2 Å².